The summed E-state index contributed by atoms with van der Waals surface area (Å²) < 4.78 is 40.0. The van der Waals surface area contributed by atoms with E-state index in [1.54, 1.807) is 0 Å². The maximum absolute atomic E-state index is 13.7. The van der Waals surface area contributed by atoms with Gasteiger partial charge < -0.3 is 5.11 Å². The minimum atomic E-state index is -4.28. The molecule has 1 aromatic carbocycles. The van der Waals surface area contributed by atoms with Crippen molar-refractivity contribution in [3.63, 3.8) is 0 Å². The molecule has 1 aliphatic heterocycles. The van der Waals surface area contributed by atoms with Gasteiger partial charge in [0.15, 0.2) is 0 Å². The number of hydrogen-bond acceptors (Lipinski definition) is 5. The second kappa shape index (κ2) is 5.39. The predicted octanol–water partition coefficient (Wildman–Crippen LogP) is -0.459. The van der Waals surface area contributed by atoms with Crippen LogP contribution >= 0.6 is 0 Å². The number of hydroxylamine groups is 1. The van der Waals surface area contributed by atoms with E-state index >= 15 is 0 Å². The fourth-order valence-corrected chi connectivity index (χ4v) is 3.20. The van der Waals surface area contributed by atoms with Crippen molar-refractivity contribution in [3.05, 3.63) is 29.1 Å². The number of aromatic carboxylic acids is 1. The number of carbonyl (C=O) groups is 2. The zero-order valence-electron chi connectivity index (χ0n) is 10.7. The molecule has 0 spiro atoms. The Bertz CT molecular complexity index is 718. The average Bonchev–Trinajstić information content (AvgIpc) is 2.77. The summed E-state index contributed by atoms with van der Waals surface area (Å²) in [7, 11) is -4.28. The zero-order valence-corrected chi connectivity index (χ0v) is 11.5. The molecule has 1 amide bonds. The Kier molecular flexibility index (Phi) is 3.94. The Labute approximate surface area is 118 Å². The third-order valence-electron chi connectivity index (χ3n) is 2.87. The molecule has 21 heavy (non-hydrogen) atoms. The third-order valence-corrected chi connectivity index (χ3v) is 4.47. The van der Waals surface area contributed by atoms with Crippen LogP contribution in [-0.2, 0) is 19.7 Å². The Morgan fingerprint density at radius 2 is 2.19 bits per heavy atom. The molecule has 1 heterocycles. The Balaban J connectivity index is 2.44. The molecule has 1 fully saturated rings. The molecule has 8 nitrogen and oxygen atoms in total. The van der Waals surface area contributed by atoms with Crippen molar-refractivity contribution in [3.8, 4) is 0 Å². The van der Waals surface area contributed by atoms with Crippen molar-refractivity contribution in [2.75, 3.05) is 6.61 Å². The number of carboxylic acid groups (broad SMARTS) is 1. The van der Waals surface area contributed by atoms with Gasteiger partial charge in [-0.2, -0.15) is 4.72 Å². The first-order valence-electron chi connectivity index (χ1n) is 5.70. The number of benzene rings is 1. The number of halogens is 1. The van der Waals surface area contributed by atoms with Gasteiger partial charge in [0.2, 0.25) is 10.0 Å². The lowest BCUT2D eigenvalue weighted by Crippen LogP contribution is -2.41. The van der Waals surface area contributed by atoms with Crippen molar-refractivity contribution in [2.45, 2.75) is 17.9 Å². The van der Waals surface area contributed by atoms with Crippen LogP contribution in [0.2, 0.25) is 0 Å². The molecule has 0 unspecified atom stereocenters. The highest BCUT2D eigenvalue weighted by Crippen LogP contribution is 2.21. The smallest absolute Gasteiger partial charge is 0.335 e. The van der Waals surface area contributed by atoms with Gasteiger partial charge in [0, 0.05) is 5.56 Å². The van der Waals surface area contributed by atoms with Gasteiger partial charge in [-0.05, 0) is 19.1 Å². The number of carbonyl (C=O) groups excluding carboxylic acids is 1. The topological polar surface area (TPSA) is 122 Å². The van der Waals surface area contributed by atoms with E-state index in [1.165, 1.54) is 6.92 Å². The number of rotatable bonds is 4. The highest BCUT2D eigenvalue weighted by Gasteiger charge is 2.32. The van der Waals surface area contributed by atoms with Gasteiger partial charge in [0.1, 0.15) is 18.5 Å². The van der Waals surface area contributed by atoms with E-state index in [9.17, 15) is 22.4 Å². The van der Waals surface area contributed by atoms with E-state index in [2.05, 4.69) is 4.84 Å². The van der Waals surface area contributed by atoms with E-state index in [4.69, 9.17) is 5.11 Å². The minimum absolute atomic E-state index is 0.224. The molecule has 0 bridgehead atoms. The van der Waals surface area contributed by atoms with Gasteiger partial charge in [-0.3, -0.25) is 9.63 Å². The summed E-state index contributed by atoms with van der Waals surface area (Å²) in [5, 5.41) is 8.85. The van der Waals surface area contributed by atoms with E-state index in [-0.39, 0.29) is 12.2 Å². The fourth-order valence-electron chi connectivity index (χ4n) is 1.74. The van der Waals surface area contributed by atoms with E-state index < -0.39 is 44.2 Å². The van der Waals surface area contributed by atoms with Crippen LogP contribution in [0.1, 0.15) is 15.9 Å². The van der Waals surface area contributed by atoms with Gasteiger partial charge in [-0.15, -0.1) is 0 Å². The third kappa shape index (κ3) is 3.01. The molecule has 2 rings (SSSR count). The highest BCUT2D eigenvalue weighted by molar-refractivity contribution is 7.89. The molecule has 10 heteroatoms. The lowest BCUT2D eigenvalue weighted by atomic mass is 10.1. The Morgan fingerprint density at radius 1 is 1.52 bits per heavy atom. The van der Waals surface area contributed by atoms with Crippen LogP contribution in [0, 0.1) is 12.7 Å². The molecule has 114 valence electrons. The number of carboxylic acids is 1. The summed E-state index contributed by atoms with van der Waals surface area (Å²) in [4.78, 5) is 26.2. The molecule has 1 aliphatic rings. The summed E-state index contributed by atoms with van der Waals surface area (Å²) in [5.74, 6) is -3.12. The van der Waals surface area contributed by atoms with Crippen LogP contribution in [0.15, 0.2) is 17.0 Å². The first-order chi connectivity index (χ1) is 9.72. The monoisotopic (exact) mass is 318 g/mol. The van der Waals surface area contributed by atoms with Gasteiger partial charge >= 0.3 is 5.97 Å². The first kappa shape index (κ1) is 15.4. The van der Waals surface area contributed by atoms with Crippen LogP contribution in [0.4, 0.5) is 4.39 Å². The van der Waals surface area contributed by atoms with Crippen molar-refractivity contribution in [2.24, 2.45) is 0 Å². The lowest BCUT2D eigenvalue weighted by Gasteiger charge is -2.13. The van der Waals surface area contributed by atoms with Crippen molar-refractivity contribution < 1.29 is 32.3 Å². The highest BCUT2D eigenvalue weighted by atomic mass is 32.2. The van der Waals surface area contributed by atoms with Crippen molar-refractivity contribution in [1.82, 2.24) is 10.2 Å². The SMILES string of the molecule is Cc1c(F)cc(C(=O)O)cc1S(=O)(=O)N[C@@H]1CONC1=O. The quantitative estimate of drug-likeness (QED) is 0.690. The summed E-state index contributed by atoms with van der Waals surface area (Å²) in [6.07, 6.45) is 0. The summed E-state index contributed by atoms with van der Waals surface area (Å²) in [6.45, 7) is 0.971. The molecular formula is C11H11FN2O6S. The zero-order chi connectivity index (χ0) is 15.8. The number of hydrogen-bond donors (Lipinski definition) is 3. The van der Waals surface area contributed by atoms with Gasteiger partial charge in [-0.1, -0.05) is 0 Å². The van der Waals surface area contributed by atoms with Crippen molar-refractivity contribution in [1.29, 1.82) is 0 Å². The molecular weight excluding hydrogens is 307 g/mol. The van der Waals surface area contributed by atoms with E-state index in [1.807, 2.05) is 10.2 Å². The summed E-state index contributed by atoms with van der Waals surface area (Å²) >= 11 is 0. The standard InChI is InChI=1S/C11H11FN2O6S/c1-5-7(12)2-6(11(16)17)3-9(5)21(18,19)14-8-4-20-13-10(8)15/h2-3,8,14H,4H2,1H3,(H,13,15)(H,16,17)/t8-/m1/s1. The van der Waals surface area contributed by atoms with Gasteiger partial charge in [0.25, 0.3) is 5.91 Å². The second-order valence-electron chi connectivity index (χ2n) is 4.34. The molecule has 0 aliphatic carbocycles. The maximum atomic E-state index is 13.7. The van der Waals surface area contributed by atoms with E-state index in [0.29, 0.717) is 0 Å². The lowest BCUT2D eigenvalue weighted by molar-refractivity contribution is -0.124. The normalized spacial score (nSPS) is 18.6. The van der Waals surface area contributed by atoms with Gasteiger partial charge in [0.05, 0.1) is 10.5 Å². The average molecular weight is 318 g/mol. The molecule has 0 radical (unpaired) electrons. The van der Waals surface area contributed by atoms with Crippen LogP contribution in [0.25, 0.3) is 0 Å². The van der Waals surface area contributed by atoms with Crippen LogP contribution in [0.5, 0.6) is 0 Å². The number of sulfonamides is 1. The fraction of sp³-hybridized carbons (Fsp3) is 0.273. The summed E-state index contributed by atoms with van der Waals surface area (Å²) in [6, 6.07) is 0.393. The first-order valence-corrected chi connectivity index (χ1v) is 7.18. The molecule has 0 saturated carbocycles. The van der Waals surface area contributed by atoms with Crippen molar-refractivity contribution >= 4 is 21.9 Å². The van der Waals surface area contributed by atoms with Crippen LogP contribution in [0.3, 0.4) is 0 Å². The molecule has 0 aromatic heterocycles. The minimum Gasteiger partial charge on any atom is -0.478 e. The second-order valence-corrected chi connectivity index (χ2v) is 6.02. The molecule has 3 N–H and O–H groups in total. The van der Waals surface area contributed by atoms with E-state index in [0.717, 1.165) is 12.1 Å². The molecule has 1 atom stereocenters. The number of amides is 1. The van der Waals surface area contributed by atoms with Gasteiger partial charge in [-0.25, -0.2) is 23.1 Å². The largest absolute Gasteiger partial charge is 0.478 e. The maximum Gasteiger partial charge on any atom is 0.335 e. The number of nitrogens with one attached hydrogen (secondary N) is 2. The van der Waals surface area contributed by atoms with Crippen LogP contribution in [-0.4, -0.2) is 38.0 Å². The Morgan fingerprint density at radius 3 is 2.71 bits per heavy atom. The van der Waals surface area contributed by atoms with Crippen LogP contribution < -0.4 is 10.2 Å². The molecule has 1 saturated heterocycles. The predicted molar refractivity (Wildman–Crippen MR) is 66.3 cm³/mol. The summed E-state index contributed by atoms with van der Waals surface area (Å²) in [5.41, 5.74) is 1.21. The molecule has 1 aromatic rings. The Hall–Kier alpha value is -2.04.